The molecular formula is C26H27N7O2S. The number of aryl methyl sites for hydroxylation is 1. The molecule has 0 bridgehead atoms. The van der Waals surface area contributed by atoms with Crippen molar-refractivity contribution in [3.8, 4) is 22.9 Å². The molecule has 0 amide bonds. The molecular weight excluding hydrogens is 474 g/mol. The third kappa shape index (κ3) is 4.75. The van der Waals surface area contributed by atoms with Gasteiger partial charge in [-0.1, -0.05) is 6.92 Å². The first-order valence-electron chi connectivity index (χ1n) is 11.9. The second-order valence-electron chi connectivity index (χ2n) is 8.51. The van der Waals surface area contributed by atoms with Crippen molar-refractivity contribution in [3.05, 3.63) is 66.4 Å². The van der Waals surface area contributed by atoms with Crippen LogP contribution in [0, 0.1) is 11.3 Å². The SMILES string of the molecule is CCOc1cc(-c2ccc(N3CCS(=O)(=Nc4ccc(CC)nc4)CC3)nc2)c2c(C#N)cnn2c1. The number of aromatic nitrogens is 4. The molecule has 0 saturated carbocycles. The Morgan fingerprint density at radius 3 is 2.58 bits per heavy atom. The van der Waals surface area contributed by atoms with Gasteiger partial charge in [-0.15, -0.1) is 0 Å². The Morgan fingerprint density at radius 2 is 1.94 bits per heavy atom. The average molecular weight is 502 g/mol. The number of hydrogen-bond donors (Lipinski definition) is 0. The lowest BCUT2D eigenvalue weighted by atomic mass is 10.1. The van der Waals surface area contributed by atoms with Gasteiger partial charge < -0.3 is 9.64 Å². The molecule has 0 radical (unpaired) electrons. The van der Waals surface area contributed by atoms with Gasteiger partial charge in [0.25, 0.3) is 0 Å². The van der Waals surface area contributed by atoms with Crippen LogP contribution in [-0.4, -0.2) is 55.0 Å². The van der Waals surface area contributed by atoms with Crippen molar-refractivity contribution in [1.82, 2.24) is 19.6 Å². The van der Waals surface area contributed by atoms with Crippen LogP contribution in [0.5, 0.6) is 5.75 Å². The first-order chi connectivity index (χ1) is 17.5. The van der Waals surface area contributed by atoms with E-state index < -0.39 is 9.73 Å². The molecule has 0 atom stereocenters. The molecule has 5 heterocycles. The highest BCUT2D eigenvalue weighted by atomic mass is 32.2. The maximum atomic E-state index is 13.3. The lowest BCUT2D eigenvalue weighted by molar-refractivity contribution is 0.338. The van der Waals surface area contributed by atoms with E-state index in [1.165, 1.54) is 0 Å². The van der Waals surface area contributed by atoms with Gasteiger partial charge >= 0.3 is 0 Å². The van der Waals surface area contributed by atoms with Crippen LogP contribution in [0.25, 0.3) is 16.6 Å². The first kappa shape index (κ1) is 23.8. The van der Waals surface area contributed by atoms with Crippen molar-refractivity contribution in [2.24, 2.45) is 4.36 Å². The van der Waals surface area contributed by atoms with Crippen molar-refractivity contribution < 1.29 is 8.95 Å². The molecule has 1 saturated heterocycles. The topological polar surface area (TPSA) is 109 Å². The third-order valence-corrected chi connectivity index (χ3v) is 8.39. The number of nitriles is 1. The predicted octanol–water partition coefficient (Wildman–Crippen LogP) is 4.24. The number of rotatable bonds is 6. The van der Waals surface area contributed by atoms with E-state index >= 15 is 0 Å². The number of pyridine rings is 3. The van der Waals surface area contributed by atoms with E-state index in [1.54, 1.807) is 29.3 Å². The van der Waals surface area contributed by atoms with Crippen molar-refractivity contribution in [2.75, 3.05) is 36.1 Å². The summed E-state index contributed by atoms with van der Waals surface area (Å²) in [7, 11) is -2.33. The van der Waals surface area contributed by atoms with Gasteiger partial charge in [0.05, 0.1) is 51.7 Å². The maximum absolute atomic E-state index is 13.3. The molecule has 0 unspecified atom stereocenters. The Labute approximate surface area is 210 Å². The molecule has 4 aromatic heterocycles. The summed E-state index contributed by atoms with van der Waals surface area (Å²) in [5.41, 5.74) is 4.57. The van der Waals surface area contributed by atoms with Crippen molar-refractivity contribution >= 4 is 26.8 Å². The van der Waals surface area contributed by atoms with Crippen LogP contribution >= 0.6 is 0 Å². The summed E-state index contributed by atoms with van der Waals surface area (Å²) in [5, 5.41) is 13.9. The highest BCUT2D eigenvalue weighted by Gasteiger charge is 2.22. The van der Waals surface area contributed by atoms with Crippen LogP contribution in [0.4, 0.5) is 11.5 Å². The van der Waals surface area contributed by atoms with Crippen LogP contribution in [0.2, 0.25) is 0 Å². The molecule has 0 spiro atoms. The number of nitrogens with zero attached hydrogens (tertiary/aromatic N) is 7. The van der Waals surface area contributed by atoms with Crippen LogP contribution in [-0.2, 0) is 16.1 Å². The van der Waals surface area contributed by atoms with E-state index in [-0.39, 0.29) is 0 Å². The smallest absolute Gasteiger partial charge is 0.138 e. The summed E-state index contributed by atoms with van der Waals surface area (Å²) in [6.45, 7) is 5.73. The summed E-state index contributed by atoms with van der Waals surface area (Å²) in [6, 6.07) is 11.9. The minimum Gasteiger partial charge on any atom is -0.492 e. The zero-order valence-corrected chi connectivity index (χ0v) is 21.1. The predicted molar refractivity (Wildman–Crippen MR) is 140 cm³/mol. The van der Waals surface area contributed by atoms with Gasteiger partial charge in [-0.3, -0.25) is 4.98 Å². The number of anilines is 1. The lowest BCUT2D eigenvalue weighted by Crippen LogP contribution is -2.40. The van der Waals surface area contributed by atoms with Gasteiger partial charge in [0.15, 0.2) is 0 Å². The molecule has 0 N–H and O–H groups in total. The Kier molecular flexibility index (Phi) is 6.57. The third-order valence-electron chi connectivity index (χ3n) is 6.20. The van der Waals surface area contributed by atoms with E-state index in [0.717, 1.165) is 34.6 Å². The normalized spacial score (nSPS) is 15.0. The molecule has 10 heteroatoms. The highest BCUT2D eigenvalue weighted by molar-refractivity contribution is 7.93. The number of ether oxygens (including phenoxy) is 1. The van der Waals surface area contributed by atoms with Crippen LogP contribution in [0.15, 0.2) is 59.5 Å². The van der Waals surface area contributed by atoms with E-state index in [9.17, 15) is 9.47 Å². The number of hydrogen-bond acceptors (Lipinski definition) is 8. The average Bonchev–Trinajstić information content (AvgIpc) is 3.32. The monoisotopic (exact) mass is 501 g/mol. The quantitative estimate of drug-likeness (QED) is 0.389. The second kappa shape index (κ2) is 9.95. The van der Waals surface area contributed by atoms with Crippen LogP contribution in [0.3, 0.4) is 0 Å². The molecule has 4 aromatic rings. The molecule has 5 rings (SSSR count). The molecule has 184 valence electrons. The molecule has 36 heavy (non-hydrogen) atoms. The largest absolute Gasteiger partial charge is 0.492 e. The van der Waals surface area contributed by atoms with Gasteiger partial charge in [0.2, 0.25) is 0 Å². The van der Waals surface area contributed by atoms with E-state index in [4.69, 9.17) is 9.72 Å². The molecule has 1 aliphatic heterocycles. The summed E-state index contributed by atoms with van der Waals surface area (Å²) in [5.74, 6) is 2.44. The second-order valence-corrected chi connectivity index (χ2v) is 11.1. The van der Waals surface area contributed by atoms with Crippen molar-refractivity contribution in [3.63, 3.8) is 0 Å². The summed E-state index contributed by atoms with van der Waals surface area (Å²) in [4.78, 5) is 11.2. The first-order valence-corrected chi connectivity index (χ1v) is 13.8. The fraction of sp³-hybridized carbons (Fsp3) is 0.308. The lowest BCUT2D eigenvalue weighted by Gasteiger charge is -2.29. The molecule has 0 aromatic carbocycles. The van der Waals surface area contributed by atoms with Gasteiger partial charge in [-0.2, -0.15) is 14.7 Å². The number of fused-ring (bicyclic) bond motifs is 1. The van der Waals surface area contributed by atoms with Gasteiger partial charge in [-0.25, -0.2) is 13.7 Å². The zero-order valence-electron chi connectivity index (χ0n) is 20.3. The van der Waals surface area contributed by atoms with Gasteiger partial charge in [0.1, 0.15) is 17.6 Å². The fourth-order valence-corrected chi connectivity index (χ4v) is 6.18. The van der Waals surface area contributed by atoms with E-state index in [1.807, 2.05) is 37.3 Å². The highest BCUT2D eigenvalue weighted by Crippen LogP contribution is 2.31. The Morgan fingerprint density at radius 1 is 1.11 bits per heavy atom. The Bertz CT molecular complexity index is 1530. The molecule has 0 aliphatic carbocycles. The summed E-state index contributed by atoms with van der Waals surface area (Å²) < 4.78 is 25.2. The molecule has 9 nitrogen and oxygen atoms in total. The minimum absolute atomic E-state index is 0.477. The summed E-state index contributed by atoms with van der Waals surface area (Å²) in [6.07, 6.45) is 7.69. The molecule has 1 fully saturated rings. The fourth-order valence-electron chi connectivity index (χ4n) is 4.29. The zero-order chi connectivity index (χ0) is 25.1. The Hall–Kier alpha value is -3.97. The van der Waals surface area contributed by atoms with Gasteiger partial charge in [0, 0.05) is 47.6 Å². The molecule has 1 aliphatic rings. The van der Waals surface area contributed by atoms with E-state index in [0.29, 0.717) is 48.2 Å². The van der Waals surface area contributed by atoms with Crippen molar-refractivity contribution in [1.29, 1.82) is 5.26 Å². The van der Waals surface area contributed by atoms with E-state index in [2.05, 4.69) is 32.3 Å². The standard InChI is InChI=1S/C26H27N7O2S/c1-3-21-6-7-22(17-28-21)31-36(34)11-9-32(10-12-36)25-8-5-19(15-29-25)24-13-23(35-4-2)18-33-26(24)20(14-27)16-30-33/h5-8,13,15-18H,3-4,9-12H2,1-2H3. The van der Waals surface area contributed by atoms with Crippen LogP contribution in [0.1, 0.15) is 25.1 Å². The van der Waals surface area contributed by atoms with Crippen molar-refractivity contribution in [2.45, 2.75) is 20.3 Å². The Balaban J connectivity index is 1.36. The minimum atomic E-state index is -2.33. The van der Waals surface area contributed by atoms with Gasteiger partial charge in [-0.05, 0) is 43.7 Å². The van der Waals surface area contributed by atoms with Crippen LogP contribution < -0.4 is 9.64 Å². The maximum Gasteiger partial charge on any atom is 0.138 e. The summed E-state index contributed by atoms with van der Waals surface area (Å²) >= 11 is 0.